The van der Waals surface area contributed by atoms with Crippen LogP contribution in [0.3, 0.4) is 0 Å². The number of likely N-dealkylation sites (N-methyl/N-ethyl adjacent to an activating group) is 1. The van der Waals surface area contributed by atoms with Crippen molar-refractivity contribution in [3.63, 3.8) is 0 Å². The molecule has 0 bridgehead atoms. The summed E-state index contributed by atoms with van der Waals surface area (Å²) >= 11 is 0. The van der Waals surface area contributed by atoms with E-state index in [0.29, 0.717) is 23.9 Å². The standard InChI is InChI=1S/C74H140NO8P/c1-6-8-10-12-14-16-18-20-22-24-26-28-30-32-33-34-35-36-37-38-39-40-41-43-45-47-49-51-53-55-57-59-61-63-65-67-74(77)83-72(71-82-84(78,79)81-69-68-75(3,4)5)70-80-73(76)66-64-62-60-58-56-54-52-50-48-46-44-42-31-29-27-25-23-21-19-17-15-13-11-9-7-2/h18-21,24-27,72H,6-17,22-23,28-71H2,1-5H3/p+1/b20-18-,21-19-,26-24-,27-25-. The van der Waals surface area contributed by atoms with E-state index in [1.54, 1.807) is 0 Å². The number of hydrogen-bond donors (Lipinski definition) is 1. The fourth-order valence-corrected chi connectivity index (χ4v) is 11.5. The molecule has 0 aromatic rings. The lowest BCUT2D eigenvalue weighted by atomic mass is 10.0. The topological polar surface area (TPSA) is 108 Å². The molecular formula is C74H141NO8P+. The van der Waals surface area contributed by atoms with Crippen molar-refractivity contribution in [2.45, 2.75) is 367 Å². The zero-order chi connectivity index (χ0) is 61.2. The molecule has 0 spiro atoms. The molecule has 0 aliphatic carbocycles. The van der Waals surface area contributed by atoms with E-state index in [2.05, 4.69) is 62.5 Å². The zero-order valence-corrected chi connectivity index (χ0v) is 57.3. The highest BCUT2D eigenvalue weighted by Crippen LogP contribution is 2.43. The van der Waals surface area contributed by atoms with Crippen molar-refractivity contribution in [3.8, 4) is 0 Å². The number of carbonyl (C=O) groups is 2. The fraction of sp³-hybridized carbons (Fsp3) is 0.865. The van der Waals surface area contributed by atoms with Gasteiger partial charge in [-0.05, 0) is 77.0 Å². The van der Waals surface area contributed by atoms with Gasteiger partial charge in [0.15, 0.2) is 6.10 Å². The third kappa shape index (κ3) is 69.1. The number of nitrogens with zero attached hydrogens (tertiary/aromatic N) is 1. The Balaban J connectivity index is 3.97. The number of quaternary nitrogens is 1. The summed E-state index contributed by atoms with van der Waals surface area (Å²) in [6.45, 7) is 4.47. The third-order valence-corrected chi connectivity index (χ3v) is 17.3. The Morgan fingerprint density at radius 3 is 0.940 bits per heavy atom. The van der Waals surface area contributed by atoms with E-state index in [9.17, 15) is 19.0 Å². The molecule has 0 saturated carbocycles. The average molecular weight is 1200 g/mol. The molecule has 84 heavy (non-hydrogen) atoms. The minimum Gasteiger partial charge on any atom is -0.462 e. The van der Waals surface area contributed by atoms with Crippen molar-refractivity contribution in [2.75, 3.05) is 47.5 Å². The summed E-state index contributed by atoms with van der Waals surface area (Å²) in [4.78, 5) is 35.9. The second-order valence-corrected chi connectivity index (χ2v) is 27.4. The summed E-state index contributed by atoms with van der Waals surface area (Å²) in [6, 6.07) is 0. The van der Waals surface area contributed by atoms with Gasteiger partial charge in [0.25, 0.3) is 0 Å². The highest BCUT2D eigenvalue weighted by molar-refractivity contribution is 7.47. The molecular weight excluding hydrogens is 1060 g/mol. The molecule has 494 valence electrons. The van der Waals surface area contributed by atoms with Crippen LogP contribution in [0.1, 0.15) is 361 Å². The second kappa shape index (κ2) is 65.4. The predicted molar refractivity (Wildman–Crippen MR) is 363 cm³/mol. The summed E-state index contributed by atoms with van der Waals surface area (Å²) in [5.74, 6) is -0.779. The largest absolute Gasteiger partial charge is 0.472 e. The molecule has 0 heterocycles. The van der Waals surface area contributed by atoms with Gasteiger partial charge in [0, 0.05) is 12.8 Å². The fourth-order valence-electron chi connectivity index (χ4n) is 10.7. The summed E-state index contributed by atoms with van der Waals surface area (Å²) in [6.07, 6.45) is 85.1. The van der Waals surface area contributed by atoms with Gasteiger partial charge < -0.3 is 18.9 Å². The quantitative estimate of drug-likeness (QED) is 0.0211. The molecule has 0 aromatic carbocycles. The van der Waals surface area contributed by atoms with E-state index >= 15 is 0 Å². The maximum Gasteiger partial charge on any atom is 0.472 e. The number of phosphoric ester groups is 1. The number of carbonyl (C=O) groups excluding carboxylic acids is 2. The normalized spacial score (nSPS) is 13.4. The molecule has 10 heteroatoms. The van der Waals surface area contributed by atoms with Gasteiger partial charge in [-0.15, -0.1) is 0 Å². The van der Waals surface area contributed by atoms with E-state index in [4.69, 9.17) is 18.5 Å². The number of ether oxygens (including phenoxy) is 2. The van der Waals surface area contributed by atoms with Gasteiger partial charge in [-0.3, -0.25) is 18.6 Å². The van der Waals surface area contributed by atoms with Crippen molar-refractivity contribution in [2.24, 2.45) is 0 Å². The first kappa shape index (κ1) is 82.0. The zero-order valence-electron chi connectivity index (χ0n) is 56.4. The molecule has 0 rings (SSSR count). The van der Waals surface area contributed by atoms with Gasteiger partial charge in [0.05, 0.1) is 27.7 Å². The van der Waals surface area contributed by atoms with Crippen LogP contribution in [0.2, 0.25) is 0 Å². The SMILES string of the molecule is CCCCCCC/C=C\C/C=C\CCCCCCCCCCCCCCCCCCCCCCCCCC(=O)OC(COC(=O)CCCCCCCCCCCCCCC/C=C\C/C=C\CCCCCCC)COP(=O)(O)OCC[N+](C)(C)C. The number of hydrogen-bond acceptors (Lipinski definition) is 7. The minimum atomic E-state index is -4.39. The van der Waals surface area contributed by atoms with Gasteiger partial charge in [-0.1, -0.05) is 319 Å². The number of unbranched alkanes of at least 4 members (excludes halogenated alkanes) is 46. The summed E-state index contributed by atoms with van der Waals surface area (Å²) in [7, 11) is 1.49. The van der Waals surface area contributed by atoms with Crippen molar-refractivity contribution in [1.82, 2.24) is 0 Å². The van der Waals surface area contributed by atoms with Gasteiger partial charge >= 0.3 is 19.8 Å². The van der Waals surface area contributed by atoms with E-state index in [1.807, 2.05) is 21.1 Å². The molecule has 0 aliphatic rings. The molecule has 9 nitrogen and oxygen atoms in total. The Hall–Kier alpha value is -2.03. The summed E-state index contributed by atoms with van der Waals surface area (Å²) < 4.78 is 34.8. The van der Waals surface area contributed by atoms with Gasteiger partial charge in [0.1, 0.15) is 19.8 Å². The van der Waals surface area contributed by atoms with E-state index in [0.717, 1.165) is 44.9 Å². The molecule has 2 atom stereocenters. The lowest BCUT2D eigenvalue weighted by molar-refractivity contribution is -0.870. The predicted octanol–water partition coefficient (Wildman–Crippen LogP) is 23.6. The van der Waals surface area contributed by atoms with Crippen molar-refractivity contribution in [1.29, 1.82) is 0 Å². The Kier molecular flexibility index (Phi) is 63.8. The summed E-state index contributed by atoms with van der Waals surface area (Å²) in [5, 5.41) is 0. The van der Waals surface area contributed by atoms with E-state index in [1.165, 1.54) is 283 Å². The maximum atomic E-state index is 12.9. The van der Waals surface area contributed by atoms with Crippen LogP contribution in [0.4, 0.5) is 0 Å². The van der Waals surface area contributed by atoms with Gasteiger partial charge in [0.2, 0.25) is 0 Å². The molecule has 0 amide bonds. The monoisotopic (exact) mass is 1200 g/mol. The van der Waals surface area contributed by atoms with Crippen LogP contribution >= 0.6 is 7.82 Å². The maximum absolute atomic E-state index is 12.9. The molecule has 0 aliphatic heterocycles. The summed E-state index contributed by atoms with van der Waals surface area (Å²) in [5.41, 5.74) is 0. The van der Waals surface area contributed by atoms with Crippen LogP contribution in [-0.4, -0.2) is 74.9 Å². The molecule has 0 saturated heterocycles. The molecule has 0 fully saturated rings. The number of rotatable bonds is 68. The molecule has 0 radical (unpaired) electrons. The highest BCUT2D eigenvalue weighted by Gasteiger charge is 2.27. The van der Waals surface area contributed by atoms with Crippen LogP contribution < -0.4 is 0 Å². The Morgan fingerprint density at radius 1 is 0.369 bits per heavy atom. The van der Waals surface area contributed by atoms with Crippen molar-refractivity contribution >= 4 is 19.8 Å². The van der Waals surface area contributed by atoms with Gasteiger partial charge in [-0.25, -0.2) is 4.57 Å². The smallest absolute Gasteiger partial charge is 0.462 e. The number of esters is 2. The highest BCUT2D eigenvalue weighted by atomic mass is 31.2. The first-order valence-corrected chi connectivity index (χ1v) is 37.9. The Bertz CT molecular complexity index is 1560. The molecule has 1 N–H and O–H groups in total. The van der Waals surface area contributed by atoms with Crippen molar-refractivity contribution < 1.29 is 42.1 Å². The van der Waals surface area contributed by atoms with Crippen LogP contribution in [0.15, 0.2) is 48.6 Å². The first-order chi connectivity index (χ1) is 41.0. The van der Waals surface area contributed by atoms with E-state index in [-0.39, 0.29) is 25.6 Å². The number of phosphoric acid groups is 1. The molecule has 2 unspecified atom stereocenters. The van der Waals surface area contributed by atoms with Gasteiger partial charge in [-0.2, -0.15) is 0 Å². The third-order valence-electron chi connectivity index (χ3n) is 16.3. The second-order valence-electron chi connectivity index (χ2n) is 26.0. The molecule has 0 aromatic heterocycles. The van der Waals surface area contributed by atoms with Crippen LogP contribution in [0.5, 0.6) is 0 Å². The van der Waals surface area contributed by atoms with Crippen molar-refractivity contribution in [3.05, 3.63) is 48.6 Å². The lowest BCUT2D eigenvalue weighted by Gasteiger charge is -2.24. The Morgan fingerprint density at radius 2 is 0.643 bits per heavy atom. The lowest BCUT2D eigenvalue weighted by Crippen LogP contribution is -2.37. The minimum absolute atomic E-state index is 0.0335. The number of allylic oxidation sites excluding steroid dienone is 8. The Labute approximate surface area is 522 Å². The first-order valence-electron chi connectivity index (χ1n) is 36.4. The van der Waals surface area contributed by atoms with Crippen LogP contribution in [0, 0.1) is 0 Å². The van der Waals surface area contributed by atoms with Crippen LogP contribution in [-0.2, 0) is 32.7 Å². The average Bonchev–Trinajstić information content (AvgIpc) is 3.61. The van der Waals surface area contributed by atoms with E-state index < -0.39 is 26.5 Å². The van der Waals surface area contributed by atoms with Crippen LogP contribution in [0.25, 0.3) is 0 Å².